The molecule has 0 aromatic carbocycles. The van der Waals surface area contributed by atoms with E-state index in [-0.39, 0.29) is 5.91 Å². The van der Waals surface area contributed by atoms with Crippen molar-refractivity contribution >= 4 is 5.91 Å². The van der Waals surface area contributed by atoms with Crippen molar-refractivity contribution in [3.63, 3.8) is 0 Å². The van der Waals surface area contributed by atoms with Crippen molar-refractivity contribution in [1.29, 1.82) is 0 Å². The van der Waals surface area contributed by atoms with Crippen molar-refractivity contribution in [2.45, 2.75) is 12.5 Å². The topological polar surface area (TPSA) is 42.1 Å². The molecule has 2 aliphatic heterocycles. The number of epoxide rings is 1. The molecule has 0 aromatic rings. The maximum Gasteiger partial charge on any atom is 0.225 e. The van der Waals surface area contributed by atoms with E-state index in [0.717, 1.165) is 19.7 Å². The van der Waals surface area contributed by atoms with E-state index >= 15 is 0 Å². The average molecular weight is 171 g/mol. The van der Waals surface area contributed by atoms with Gasteiger partial charge in [-0.15, -0.1) is 0 Å². The third-order valence-electron chi connectivity index (χ3n) is 2.14. The number of nitrogens with zero attached hydrogens (tertiary/aromatic N) is 1. The minimum Gasteiger partial charge on any atom is -0.379 e. The first-order chi connectivity index (χ1) is 5.86. The zero-order chi connectivity index (χ0) is 8.39. The summed E-state index contributed by atoms with van der Waals surface area (Å²) >= 11 is 0. The second-order valence-corrected chi connectivity index (χ2v) is 3.16. The van der Waals surface area contributed by atoms with E-state index in [1.165, 1.54) is 0 Å². The van der Waals surface area contributed by atoms with Gasteiger partial charge in [-0.25, -0.2) is 0 Å². The minimum absolute atomic E-state index is 0.197. The van der Waals surface area contributed by atoms with Gasteiger partial charge in [-0.2, -0.15) is 0 Å². The lowest BCUT2D eigenvalue weighted by Crippen LogP contribution is -2.34. The number of amides is 1. The molecule has 2 saturated heterocycles. The summed E-state index contributed by atoms with van der Waals surface area (Å²) in [7, 11) is 0. The summed E-state index contributed by atoms with van der Waals surface area (Å²) < 4.78 is 10.3. The lowest BCUT2D eigenvalue weighted by atomic mass is 10.3. The Morgan fingerprint density at radius 2 is 2.33 bits per heavy atom. The molecule has 0 N–H and O–H groups in total. The van der Waals surface area contributed by atoms with Gasteiger partial charge in [0.1, 0.15) is 0 Å². The van der Waals surface area contributed by atoms with Gasteiger partial charge in [0.25, 0.3) is 0 Å². The number of hydrogen-bond donors (Lipinski definition) is 0. The Bertz CT molecular complexity index is 179. The van der Waals surface area contributed by atoms with Crippen LogP contribution < -0.4 is 0 Å². The van der Waals surface area contributed by atoms with E-state index in [1.54, 1.807) is 0 Å². The molecule has 4 heteroatoms. The smallest absolute Gasteiger partial charge is 0.225 e. The average Bonchev–Trinajstić information content (AvgIpc) is 2.84. The molecule has 1 amide bonds. The van der Waals surface area contributed by atoms with Crippen LogP contribution in [-0.2, 0) is 14.3 Å². The fourth-order valence-corrected chi connectivity index (χ4v) is 1.33. The summed E-state index contributed by atoms with van der Waals surface area (Å²) in [5, 5.41) is 0. The van der Waals surface area contributed by atoms with Crippen LogP contribution >= 0.6 is 0 Å². The Morgan fingerprint density at radius 1 is 1.50 bits per heavy atom. The third-order valence-corrected chi connectivity index (χ3v) is 2.14. The van der Waals surface area contributed by atoms with Crippen molar-refractivity contribution < 1.29 is 14.3 Å². The van der Waals surface area contributed by atoms with Gasteiger partial charge in [0.05, 0.1) is 32.3 Å². The summed E-state index contributed by atoms with van der Waals surface area (Å²) in [5.41, 5.74) is 0. The van der Waals surface area contributed by atoms with Crippen molar-refractivity contribution in [2.75, 3.05) is 32.9 Å². The van der Waals surface area contributed by atoms with Crippen LogP contribution in [0.15, 0.2) is 0 Å². The maximum atomic E-state index is 11.4. The molecule has 0 aromatic heterocycles. The van der Waals surface area contributed by atoms with Crippen molar-refractivity contribution in [3.8, 4) is 0 Å². The third kappa shape index (κ3) is 1.95. The molecule has 1 atom stereocenters. The zero-order valence-corrected chi connectivity index (χ0v) is 6.99. The normalized spacial score (nSPS) is 30.2. The number of carbonyl (C=O) groups excluding carboxylic acids is 1. The van der Waals surface area contributed by atoms with Crippen molar-refractivity contribution in [2.24, 2.45) is 0 Å². The van der Waals surface area contributed by atoms with Gasteiger partial charge in [0.2, 0.25) is 5.91 Å². The molecule has 2 rings (SSSR count). The lowest BCUT2D eigenvalue weighted by Gasteiger charge is -2.17. The predicted octanol–water partition coefficient (Wildman–Crippen LogP) is -0.366. The van der Waals surface area contributed by atoms with Gasteiger partial charge < -0.3 is 14.4 Å². The van der Waals surface area contributed by atoms with E-state index in [1.807, 2.05) is 4.90 Å². The van der Waals surface area contributed by atoms with Gasteiger partial charge in [-0.1, -0.05) is 0 Å². The molecule has 2 fully saturated rings. The van der Waals surface area contributed by atoms with Gasteiger partial charge in [-0.05, 0) is 0 Å². The molecular formula is C8H13NO3. The Balaban J connectivity index is 1.85. The van der Waals surface area contributed by atoms with E-state index in [2.05, 4.69) is 0 Å². The number of ether oxygens (including phenoxy) is 2. The Labute approximate surface area is 71.4 Å². The molecule has 68 valence electrons. The monoisotopic (exact) mass is 171 g/mol. The summed E-state index contributed by atoms with van der Waals surface area (Å²) in [5.74, 6) is 0.197. The summed E-state index contributed by atoms with van der Waals surface area (Å²) in [6.45, 7) is 3.52. The first kappa shape index (κ1) is 8.01. The molecular weight excluding hydrogens is 158 g/mol. The maximum absolute atomic E-state index is 11.4. The van der Waals surface area contributed by atoms with Crippen LogP contribution in [0.2, 0.25) is 0 Å². The van der Waals surface area contributed by atoms with Crippen LogP contribution in [0.4, 0.5) is 0 Å². The summed E-state index contributed by atoms with van der Waals surface area (Å²) in [6, 6.07) is 0. The molecule has 12 heavy (non-hydrogen) atoms. The molecule has 0 saturated carbocycles. The Hall–Kier alpha value is -0.610. The number of rotatable bonds is 2. The first-order valence-corrected chi connectivity index (χ1v) is 4.33. The largest absolute Gasteiger partial charge is 0.379 e. The SMILES string of the molecule is O=C1CCOCCN1CC1CO1. The van der Waals surface area contributed by atoms with Crippen LogP contribution in [0.1, 0.15) is 6.42 Å². The molecule has 0 radical (unpaired) electrons. The predicted molar refractivity (Wildman–Crippen MR) is 41.8 cm³/mol. The molecule has 0 spiro atoms. The second-order valence-electron chi connectivity index (χ2n) is 3.16. The highest BCUT2D eigenvalue weighted by Gasteiger charge is 2.28. The van der Waals surface area contributed by atoms with Crippen LogP contribution in [-0.4, -0.2) is 49.8 Å². The first-order valence-electron chi connectivity index (χ1n) is 4.33. The van der Waals surface area contributed by atoms with E-state index in [4.69, 9.17) is 9.47 Å². The lowest BCUT2D eigenvalue weighted by molar-refractivity contribution is -0.130. The van der Waals surface area contributed by atoms with Gasteiger partial charge >= 0.3 is 0 Å². The molecule has 2 aliphatic rings. The van der Waals surface area contributed by atoms with Crippen LogP contribution in [0.5, 0.6) is 0 Å². The second kappa shape index (κ2) is 3.41. The minimum atomic E-state index is 0.197. The fourth-order valence-electron chi connectivity index (χ4n) is 1.33. The van der Waals surface area contributed by atoms with Crippen LogP contribution in [0, 0.1) is 0 Å². The molecule has 2 heterocycles. The Kier molecular flexibility index (Phi) is 2.28. The summed E-state index contributed by atoms with van der Waals surface area (Å²) in [4.78, 5) is 13.2. The highest BCUT2D eigenvalue weighted by atomic mass is 16.6. The van der Waals surface area contributed by atoms with Gasteiger partial charge in [-0.3, -0.25) is 4.79 Å². The van der Waals surface area contributed by atoms with Crippen LogP contribution in [0.25, 0.3) is 0 Å². The van der Waals surface area contributed by atoms with Crippen molar-refractivity contribution in [1.82, 2.24) is 4.90 Å². The van der Waals surface area contributed by atoms with E-state index in [9.17, 15) is 4.79 Å². The van der Waals surface area contributed by atoms with E-state index in [0.29, 0.717) is 25.7 Å². The van der Waals surface area contributed by atoms with E-state index < -0.39 is 0 Å². The highest BCUT2D eigenvalue weighted by molar-refractivity contribution is 5.76. The van der Waals surface area contributed by atoms with Gasteiger partial charge in [0, 0.05) is 13.1 Å². The summed E-state index contributed by atoms with van der Waals surface area (Å²) in [6.07, 6.45) is 0.819. The molecule has 0 bridgehead atoms. The highest BCUT2D eigenvalue weighted by Crippen LogP contribution is 2.12. The quantitative estimate of drug-likeness (QED) is 0.532. The molecule has 4 nitrogen and oxygen atoms in total. The molecule has 1 unspecified atom stereocenters. The standard InChI is InChI=1S/C8H13NO3/c10-8-1-3-11-4-2-9(8)5-7-6-12-7/h7H,1-6H2. The fraction of sp³-hybridized carbons (Fsp3) is 0.875. The van der Waals surface area contributed by atoms with Gasteiger partial charge in [0.15, 0.2) is 0 Å². The zero-order valence-electron chi connectivity index (χ0n) is 6.99. The van der Waals surface area contributed by atoms with Crippen LogP contribution in [0.3, 0.4) is 0 Å². The Morgan fingerprint density at radius 3 is 3.08 bits per heavy atom. The van der Waals surface area contributed by atoms with Crippen molar-refractivity contribution in [3.05, 3.63) is 0 Å². The molecule has 0 aliphatic carbocycles. The number of hydrogen-bond acceptors (Lipinski definition) is 3. The number of carbonyl (C=O) groups is 1.